The lowest BCUT2D eigenvalue weighted by Crippen LogP contribution is -2.43. The molecule has 1 aliphatic heterocycles. The molecule has 1 heterocycles. The van der Waals surface area contributed by atoms with Crippen LogP contribution in [-0.2, 0) is 11.3 Å². The van der Waals surface area contributed by atoms with Gasteiger partial charge >= 0.3 is 0 Å². The van der Waals surface area contributed by atoms with Crippen LogP contribution < -0.4 is 11.1 Å². The molecule has 1 unspecified atom stereocenters. The standard InChI is InChI=1S/C15H21BrClN3O.ClH/c16-14-8-13(17)4-3-11(14)9-20-7-1-2-12(10-20)15(21)19-6-5-18;/h3-4,8,12H,1-2,5-7,9-10,18H2,(H,19,21);1H. The Hall–Kier alpha value is -0.330. The molecular formula is C15H22BrCl2N3O. The second-order valence-corrected chi connectivity index (χ2v) is 6.68. The Morgan fingerprint density at radius 1 is 1.50 bits per heavy atom. The molecule has 1 aliphatic rings. The summed E-state index contributed by atoms with van der Waals surface area (Å²) in [6, 6.07) is 5.84. The van der Waals surface area contributed by atoms with E-state index in [9.17, 15) is 4.79 Å². The minimum Gasteiger partial charge on any atom is -0.355 e. The lowest BCUT2D eigenvalue weighted by atomic mass is 9.96. The number of piperidine rings is 1. The molecule has 2 rings (SSSR count). The quantitative estimate of drug-likeness (QED) is 0.784. The summed E-state index contributed by atoms with van der Waals surface area (Å²) in [5.41, 5.74) is 6.62. The highest BCUT2D eigenvalue weighted by molar-refractivity contribution is 9.10. The molecule has 1 amide bonds. The van der Waals surface area contributed by atoms with Crippen molar-refractivity contribution in [3.05, 3.63) is 33.3 Å². The van der Waals surface area contributed by atoms with E-state index >= 15 is 0 Å². The number of carbonyl (C=O) groups excluding carboxylic acids is 1. The molecule has 3 N–H and O–H groups in total. The predicted octanol–water partition coefficient (Wildman–Crippen LogP) is 2.81. The number of likely N-dealkylation sites (tertiary alicyclic amines) is 1. The smallest absolute Gasteiger partial charge is 0.224 e. The van der Waals surface area contributed by atoms with Crippen molar-refractivity contribution >= 4 is 45.8 Å². The zero-order valence-corrected chi connectivity index (χ0v) is 15.5. The van der Waals surface area contributed by atoms with E-state index in [1.165, 1.54) is 5.56 Å². The molecule has 1 fully saturated rings. The number of rotatable bonds is 5. The molecule has 1 saturated heterocycles. The number of nitrogens with one attached hydrogen (secondary N) is 1. The van der Waals surface area contributed by atoms with Gasteiger partial charge in [-0.1, -0.05) is 33.6 Å². The minimum atomic E-state index is 0. The van der Waals surface area contributed by atoms with E-state index in [1.54, 1.807) is 0 Å². The maximum atomic E-state index is 12.0. The Balaban J connectivity index is 0.00000242. The van der Waals surface area contributed by atoms with Gasteiger partial charge in [0.25, 0.3) is 0 Å². The zero-order chi connectivity index (χ0) is 15.2. The number of amides is 1. The highest BCUT2D eigenvalue weighted by atomic mass is 79.9. The van der Waals surface area contributed by atoms with Gasteiger partial charge in [-0.15, -0.1) is 12.4 Å². The monoisotopic (exact) mass is 409 g/mol. The van der Waals surface area contributed by atoms with Crippen molar-refractivity contribution in [1.82, 2.24) is 10.2 Å². The van der Waals surface area contributed by atoms with Gasteiger partial charge in [0, 0.05) is 35.7 Å². The second-order valence-electron chi connectivity index (χ2n) is 5.39. The topological polar surface area (TPSA) is 58.4 Å². The third-order valence-corrected chi connectivity index (χ3v) is 4.70. The number of benzene rings is 1. The van der Waals surface area contributed by atoms with Crippen LogP contribution in [0.4, 0.5) is 0 Å². The molecule has 0 aliphatic carbocycles. The minimum absolute atomic E-state index is 0. The summed E-state index contributed by atoms with van der Waals surface area (Å²) < 4.78 is 1.02. The number of halogens is 3. The van der Waals surface area contributed by atoms with Crippen molar-refractivity contribution in [2.45, 2.75) is 19.4 Å². The van der Waals surface area contributed by atoms with Gasteiger partial charge in [-0.05, 0) is 37.1 Å². The Kier molecular flexibility index (Phi) is 8.72. The van der Waals surface area contributed by atoms with Crippen LogP contribution in [0.15, 0.2) is 22.7 Å². The molecule has 0 bridgehead atoms. The van der Waals surface area contributed by atoms with E-state index in [2.05, 4.69) is 26.1 Å². The predicted molar refractivity (Wildman–Crippen MR) is 96.5 cm³/mol. The van der Waals surface area contributed by atoms with Crippen LogP contribution in [0.25, 0.3) is 0 Å². The molecule has 1 aromatic carbocycles. The van der Waals surface area contributed by atoms with Gasteiger partial charge in [-0.3, -0.25) is 9.69 Å². The fourth-order valence-electron chi connectivity index (χ4n) is 2.64. The maximum Gasteiger partial charge on any atom is 0.224 e. The highest BCUT2D eigenvalue weighted by Crippen LogP contribution is 2.25. The van der Waals surface area contributed by atoms with Crippen LogP contribution in [-0.4, -0.2) is 37.0 Å². The first-order valence-electron chi connectivity index (χ1n) is 7.24. The molecular weight excluding hydrogens is 389 g/mol. The normalized spacial score (nSPS) is 18.6. The first-order chi connectivity index (χ1) is 10.1. The summed E-state index contributed by atoms with van der Waals surface area (Å²) in [5.74, 6) is 0.191. The lowest BCUT2D eigenvalue weighted by molar-refractivity contribution is -0.126. The number of hydrogen-bond acceptors (Lipinski definition) is 3. The molecule has 22 heavy (non-hydrogen) atoms. The van der Waals surface area contributed by atoms with Gasteiger partial charge in [-0.2, -0.15) is 0 Å². The van der Waals surface area contributed by atoms with Gasteiger partial charge in [-0.25, -0.2) is 0 Å². The van der Waals surface area contributed by atoms with E-state index in [4.69, 9.17) is 17.3 Å². The van der Waals surface area contributed by atoms with Crippen molar-refractivity contribution in [3.8, 4) is 0 Å². The fraction of sp³-hybridized carbons (Fsp3) is 0.533. The summed E-state index contributed by atoms with van der Waals surface area (Å²) in [4.78, 5) is 14.4. The van der Waals surface area contributed by atoms with Gasteiger partial charge in [0.05, 0.1) is 5.92 Å². The van der Waals surface area contributed by atoms with E-state index in [-0.39, 0.29) is 24.2 Å². The molecule has 0 saturated carbocycles. The lowest BCUT2D eigenvalue weighted by Gasteiger charge is -2.32. The summed E-state index contributed by atoms with van der Waals surface area (Å²) in [6.07, 6.45) is 2.00. The molecule has 1 aromatic rings. The third kappa shape index (κ3) is 5.70. The number of nitrogens with zero attached hydrogens (tertiary/aromatic N) is 1. The Bertz CT molecular complexity index is 502. The SMILES string of the molecule is Cl.NCCNC(=O)C1CCCN(Cc2ccc(Cl)cc2Br)C1. The van der Waals surface area contributed by atoms with E-state index < -0.39 is 0 Å². The molecule has 124 valence electrons. The first kappa shape index (κ1) is 19.7. The Morgan fingerprint density at radius 2 is 2.27 bits per heavy atom. The molecule has 0 radical (unpaired) electrons. The average Bonchev–Trinajstić information content (AvgIpc) is 2.48. The van der Waals surface area contributed by atoms with Crippen LogP contribution in [0.2, 0.25) is 5.02 Å². The van der Waals surface area contributed by atoms with Gasteiger partial charge in [0.15, 0.2) is 0 Å². The summed E-state index contributed by atoms with van der Waals surface area (Å²) in [5, 5.41) is 3.61. The summed E-state index contributed by atoms with van der Waals surface area (Å²) in [7, 11) is 0. The van der Waals surface area contributed by atoms with Gasteiger partial charge in [0.1, 0.15) is 0 Å². The first-order valence-corrected chi connectivity index (χ1v) is 8.41. The number of nitrogens with two attached hydrogens (primary N) is 1. The van der Waals surface area contributed by atoms with Crippen molar-refractivity contribution in [2.75, 3.05) is 26.2 Å². The van der Waals surface area contributed by atoms with Crippen LogP contribution in [0.1, 0.15) is 18.4 Å². The Labute approximate surface area is 151 Å². The second kappa shape index (κ2) is 9.73. The van der Waals surface area contributed by atoms with Gasteiger partial charge in [0.2, 0.25) is 5.91 Å². The van der Waals surface area contributed by atoms with Crippen LogP contribution in [0.3, 0.4) is 0 Å². The van der Waals surface area contributed by atoms with Gasteiger partial charge < -0.3 is 11.1 Å². The molecule has 0 aromatic heterocycles. The Morgan fingerprint density at radius 3 is 2.95 bits per heavy atom. The van der Waals surface area contributed by atoms with Crippen molar-refractivity contribution < 1.29 is 4.79 Å². The number of carbonyl (C=O) groups is 1. The largest absolute Gasteiger partial charge is 0.355 e. The van der Waals surface area contributed by atoms with Crippen LogP contribution >= 0.6 is 39.9 Å². The molecule has 7 heteroatoms. The van der Waals surface area contributed by atoms with E-state index in [0.717, 1.165) is 42.0 Å². The third-order valence-electron chi connectivity index (χ3n) is 3.73. The molecule has 1 atom stereocenters. The molecule has 4 nitrogen and oxygen atoms in total. The van der Waals surface area contributed by atoms with Crippen molar-refractivity contribution in [1.29, 1.82) is 0 Å². The van der Waals surface area contributed by atoms with Crippen LogP contribution in [0, 0.1) is 5.92 Å². The van der Waals surface area contributed by atoms with E-state index in [1.807, 2.05) is 18.2 Å². The zero-order valence-electron chi connectivity index (χ0n) is 12.4. The van der Waals surface area contributed by atoms with Crippen LogP contribution in [0.5, 0.6) is 0 Å². The average molecular weight is 411 g/mol. The van der Waals surface area contributed by atoms with Crippen molar-refractivity contribution in [2.24, 2.45) is 11.7 Å². The highest BCUT2D eigenvalue weighted by Gasteiger charge is 2.25. The molecule has 0 spiro atoms. The van der Waals surface area contributed by atoms with Crippen molar-refractivity contribution in [3.63, 3.8) is 0 Å². The summed E-state index contributed by atoms with van der Waals surface area (Å²) in [6.45, 7) is 3.69. The summed E-state index contributed by atoms with van der Waals surface area (Å²) >= 11 is 9.51. The number of hydrogen-bond donors (Lipinski definition) is 2. The maximum absolute atomic E-state index is 12.0. The van der Waals surface area contributed by atoms with E-state index in [0.29, 0.717) is 13.1 Å². The fourth-order valence-corrected chi connectivity index (χ4v) is 3.45.